The Bertz CT molecular complexity index is 710. The van der Waals surface area contributed by atoms with Crippen molar-refractivity contribution < 1.29 is 14.9 Å². The number of ether oxygens (including phenoxy) is 1. The molecule has 0 amide bonds. The predicted octanol–water partition coefficient (Wildman–Crippen LogP) is 0.845. The molecule has 1 aliphatic rings. The van der Waals surface area contributed by atoms with E-state index in [-0.39, 0.29) is 19.1 Å². The van der Waals surface area contributed by atoms with Gasteiger partial charge >= 0.3 is 0 Å². The van der Waals surface area contributed by atoms with Crippen molar-refractivity contribution in [1.82, 2.24) is 19.5 Å². The molecule has 124 valence electrons. The molecule has 3 heterocycles. The number of nitrogens with zero attached hydrogens (tertiary/aromatic N) is 4. The van der Waals surface area contributed by atoms with Crippen LogP contribution in [0.15, 0.2) is 24.3 Å². The van der Waals surface area contributed by atoms with Crippen LogP contribution >= 0.6 is 0 Å². The second-order valence-corrected chi connectivity index (χ2v) is 5.87. The molecule has 2 aromatic rings. The van der Waals surface area contributed by atoms with Crippen molar-refractivity contribution in [3.05, 3.63) is 24.3 Å². The Morgan fingerprint density at radius 1 is 1.39 bits per heavy atom. The first kappa shape index (κ1) is 15.9. The molecule has 0 radical (unpaired) electrons. The van der Waals surface area contributed by atoms with E-state index >= 15 is 0 Å². The topological polar surface area (TPSA) is 105 Å². The highest BCUT2D eigenvalue weighted by Crippen LogP contribution is 2.28. The predicted molar refractivity (Wildman–Crippen MR) is 84.9 cm³/mol. The maximum Gasteiger partial charge on any atom is 0.165 e. The van der Waals surface area contributed by atoms with Crippen molar-refractivity contribution in [2.75, 3.05) is 18.5 Å². The number of imidazole rings is 1. The standard InChI is InChI=1S/C15H21N5O3/c1-9(2)3-4-16-14-13-15(18-7-17-14)20(8-19-13)10-5-12(22)23-6-11(10)21/h3,7-8,10-12,21-22H,4-6H2,1-2H3,(H,16,17,18)/t10-,11-,12?/m1/s1. The molecule has 0 aliphatic carbocycles. The van der Waals surface area contributed by atoms with Crippen LogP contribution < -0.4 is 5.32 Å². The van der Waals surface area contributed by atoms with Gasteiger partial charge in [0.05, 0.1) is 25.1 Å². The number of anilines is 1. The smallest absolute Gasteiger partial charge is 0.165 e. The lowest BCUT2D eigenvalue weighted by Crippen LogP contribution is -2.38. The van der Waals surface area contributed by atoms with Gasteiger partial charge in [0.25, 0.3) is 0 Å². The van der Waals surface area contributed by atoms with Gasteiger partial charge < -0.3 is 24.8 Å². The SMILES string of the molecule is CC(C)=CCNc1ncnc2c1ncn2[C@@H]1CC(O)OC[C@H]1O. The van der Waals surface area contributed by atoms with Crippen LogP contribution in [0.5, 0.6) is 0 Å². The molecule has 0 bridgehead atoms. The van der Waals surface area contributed by atoms with Gasteiger partial charge in [-0.1, -0.05) is 11.6 Å². The van der Waals surface area contributed by atoms with Crippen molar-refractivity contribution in [3.63, 3.8) is 0 Å². The van der Waals surface area contributed by atoms with Gasteiger partial charge in [0.1, 0.15) is 11.8 Å². The van der Waals surface area contributed by atoms with Crippen LogP contribution in [-0.2, 0) is 4.74 Å². The number of aliphatic hydroxyl groups excluding tert-OH is 2. The summed E-state index contributed by atoms with van der Waals surface area (Å²) < 4.78 is 6.83. The second kappa shape index (κ2) is 6.61. The molecule has 1 aliphatic heterocycles. The third kappa shape index (κ3) is 3.34. The third-order valence-electron chi connectivity index (χ3n) is 3.84. The Labute approximate surface area is 133 Å². The first-order valence-electron chi connectivity index (χ1n) is 7.58. The van der Waals surface area contributed by atoms with Crippen LogP contribution in [0.25, 0.3) is 11.2 Å². The summed E-state index contributed by atoms with van der Waals surface area (Å²) in [7, 11) is 0. The minimum absolute atomic E-state index is 0.0856. The Morgan fingerprint density at radius 2 is 2.22 bits per heavy atom. The molecular weight excluding hydrogens is 298 g/mol. The Kier molecular flexibility index (Phi) is 4.56. The highest BCUT2D eigenvalue weighted by Gasteiger charge is 2.31. The molecule has 3 rings (SSSR count). The minimum Gasteiger partial charge on any atom is -0.389 e. The minimum atomic E-state index is -0.891. The summed E-state index contributed by atoms with van der Waals surface area (Å²) in [6.07, 6.45) is 3.83. The molecule has 1 fully saturated rings. The van der Waals surface area contributed by atoms with E-state index in [1.807, 2.05) is 13.8 Å². The molecule has 0 aromatic carbocycles. The lowest BCUT2D eigenvalue weighted by atomic mass is 10.1. The van der Waals surface area contributed by atoms with Gasteiger partial charge in [-0.2, -0.15) is 0 Å². The Balaban J connectivity index is 1.90. The summed E-state index contributed by atoms with van der Waals surface area (Å²) in [5.74, 6) is 0.647. The first-order valence-corrected chi connectivity index (χ1v) is 7.58. The summed E-state index contributed by atoms with van der Waals surface area (Å²) in [4.78, 5) is 12.9. The van der Waals surface area contributed by atoms with E-state index in [1.165, 1.54) is 11.9 Å². The largest absolute Gasteiger partial charge is 0.389 e. The molecule has 23 heavy (non-hydrogen) atoms. The summed E-state index contributed by atoms with van der Waals surface area (Å²) in [6, 6.07) is -0.329. The lowest BCUT2D eigenvalue weighted by molar-refractivity contribution is -0.172. The van der Waals surface area contributed by atoms with Gasteiger partial charge in [0.2, 0.25) is 0 Å². The molecular formula is C15H21N5O3. The fraction of sp³-hybridized carbons (Fsp3) is 0.533. The van der Waals surface area contributed by atoms with Crippen LogP contribution in [0, 0.1) is 0 Å². The van der Waals surface area contributed by atoms with Gasteiger partial charge in [0, 0.05) is 13.0 Å². The van der Waals surface area contributed by atoms with E-state index in [4.69, 9.17) is 4.74 Å². The maximum absolute atomic E-state index is 10.1. The first-order chi connectivity index (χ1) is 11.1. The molecule has 1 unspecified atom stereocenters. The quantitative estimate of drug-likeness (QED) is 0.717. The maximum atomic E-state index is 10.1. The van der Waals surface area contributed by atoms with Crippen LogP contribution in [-0.4, -0.2) is 55.3 Å². The average molecular weight is 319 g/mol. The summed E-state index contributed by atoms with van der Waals surface area (Å²) in [6.45, 7) is 4.80. The number of hydrogen-bond donors (Lipinski definition) is 3. The van der Waals surface area contributed by atoms with E-state index < -0.39 is 12.4 Å². The Hall–Kier alpha value is -2.03. The average Bonchev–Trinajstić information content (AvgIpc) is 2.94. The molecule has 2 aromatic heterocycles. The third-order valence-corrected chi connectivity index (χ3v) is 3.84. The van der Waals surface area contributed by atoms with Gasteiger partial charge in [-0.3, -0.25) is 0 Å². The monoisotopic (exact) mass is 319 g/mol. The van der Waals surface area contributed by atoms with E-state index in [9.17, 15) is 10.2 Å². The zero-order chi connectivity index (χ0) is 16.4. The lowest BCUT2D eigenvalue weighted by Gasteiger charge is -2.31. The normalized spacial score (nSPS) is 24.6. The molecule has 3 N–H and O–H groups in total. The van der Waals surface area contributed by atoms with Crippen LogP contribution in [0.4, 0.5) is 5.82 Å². The molecule has 0 spiro atoms. The van der Waals surface area contributed by atoms with Crippen molar-refractivity contribution in [2.45, 2.75) is 38.7 Å². The summed E-state index contributed by atoms with van der Waals surface area (Å²) >= 11 is 0. The van der Waals surface area contributed by atoms with Crippen molar-refractivity contribution in [3.8, 4) is 0 Å². The molecule has 8 heteroatoms. The number of aromatic nitrogens is 4. The van der Waals surface area contributed by atoms with E-state index in [0.29, 0.717) is 23.5 Å². The molecule has 0 saturated carbocycles. The van der Waals surface area contributed by atoms with Crippen LogP contribution in [0.1, 0.15) is 26.3 Å². The van der Waals surface area contributed by atoms with Crippen molar-refractivity contribution >= 4 is 17.0 Å². The van der Waals surface area contributed by atoms with Gasteiger partial charge in [-0.05, 0) is 13.8 Å². The molecule has 1 saturated heterocycles. The number of aliphatic hydroxyl groups is 2. The number of fused-ring (bicyclic) bond motifs is 1. The van der Waals surface area contributed by atoms with E-state index in [0.717, 1.165) is 0 Å². The highest BCUT2D eigenvalue weighted by atomic mass is 16.6. The molecule has 8 nitrogen and oxygen atoms in total. The summed E-state index contributed by atoms with van der Waals surface area (Å²) in [5, 5.41) is 23.0. The van der Waals surface area contributed by atoms with Crippen molar-refractivity contribution in [1.29, 1.82) is 0 Å². The molecule has 3 atom stereocenters. The van der Waals surface area contributed by atoms with Crippen LogP contribution in [0.2, 0.25) is 0 Å². The van der Waals surface area contributed by atoms with Gasteiger partial charge in [-0.15, -0.1) is 0 Å². The summed E-state index contributed by atoms with van der Waals surface area (Å²) in [5.41, 5.74) is 2.48. The fourth-order valence-corrected chi connectivity index (χ4v) is 2.63. The number of hydrogen-bond acceptors (Lipinski definition) is 7. The number of nitrogens with one attached hydrogen (secondary N) is 1. The fourth-order valence-electron chi connectivity index (χ4n) is 2.63. The van der Waals surface area contributed by atoms with Gasteiger partial charge in [-0.25, -0.2) is 15.0 Å². The van der Waals surface area contributed by atoms with E-state index in [1.54, 1.807) is 10.9 Å². The van der Waals surface area contributed by atoms with E-state index in [2.05, 4.69) is 26.3 Å². The van der Waals surface area contributed by atoms with Crippen LogP contribution in [0.3, 0.4) is 0 Å². The second-order valence-electron chi connectivity index (χ2n) is 5.87. The highest BCUT2D eigenvalue weighted by molar-refractivity contribution is 5.82. The van der Waals surface area contributed by atoms with Gasteiger partial charge in [0.15, 0.2) is 17.8 Å². The van der Waals surface area contributed by atoms with Crippen molar-refractivity contribution in [2.24, 2.45) is 0 Å². The number of rotatable bonds is 4. The number of allylic oxidation sites excluding steroid dienone is 1. The zero-order valence-corrected chi connectivity index (χ0v) is 13.2. The Morgan fingerprint density at radius 3 is 3.00 bits per heavy atom. The zero-order valence-electron chi connectivity index (χ0n) is 13.2.